The molecule has 0 saturated carbocycles. The number of thiocarbonyl (C=S) groups is 1. The van der Waals surface area contributed by atoms with Crippen LogP contribution < -0.4 is 19.7 Å². The Bertz CT molecular complexity index is 1490. The Morgan fingerprint density at radius 1 is 1.06 bits per heavy atom. The second-order valence-electron chi connectivity index (χ2n) is 8.27. The van der Waals surface area contributed by atoms with Gasteiger partial charge >= 0.3 is 0 Å². The Labute approximate surface area is 214 Å². The maximum absolute atomic E-state index is 12.0. The lowest BCUT2D eigenvalue weighted by atomic mass is 10.0. The third-order valence-corrected chi connectivity index (χ3v) is 6.77. The smallest absolute Gasteiger partial charge is 0.229 e. The van der Waals surface area contributed by atoms with Gasteiger partial charge in [0.05, 0.1) is 42.7 Å². The normalized spacial score (nSPS) is 17.6. The van der Waals surface area contributed by atoms with E-state index in [0.717, 1.165) is 23.3 Å². The first-order valence-corrected chi connectivity index (χ1v) is 13.4. The number of nitrogens with one attached hydrogen (secondary N) is 2. The number of rotatable bonds is 7. The molecule has 1 aliphatic heterocycles. The second-order valence-corrected chi connectivity index (χ2v) is 10.4. The Balaban J connectivity index is 1.67. The molecule has 4 heterocycles. The first-order chi connectivity index (χ1) is 17.4. The predicted molar refractivity (Wildman–Crippen MR) is 143 cm³/mol. The number of hydrogen-bond donors (Lipinski definition) is 2. The summed E-state index contributed by atoms with van der Waals surface area (Å²) >= 11 is 5.82. The van der Waals surface area contributed by atoms with Gasteiger partial charge in [-0.1, -0.05) is 6.07 Å². The summed E-state index contributed by atoms with van der Waals surface area (Å²) in [6.45, 7) is 0. The number of ether oxygens (including phenoxy) is 1. The molecule has 184 valence electrons. The largest absolute Gasteiger partial charge is 0.495 e. The average Bonchev–Trinajstić information content (AvgIpc) is 3.48. The van der Waals surface area contributed by atoms with Crippen molar-refractivity contribution < 1.29 is 13.2 Å². The van der Waals surface area contributed by atoms with Crippen LogP contribution in [0.15, 0.2) is 85.5 Å². The van der Waals surface area contributed by atoms with Gasteiger partial charge in [-0.15, -0.1) is 0 Å². The van der Waals surface area contributed by atoms with E-state index in [0.29, 0.717) is 22.2 Å². The number of sulfonamides is 1. The van der Waals surface area contributed by atoms with Crippen LogP contribution in [-0.4, -0.2) is 41.4 Å². The molecule has 1 fully saturated rings. The SMILES string of the molecule is COc1ccc(N2C(=S)N[C@H](c3ccccn3)[C@@H]2c2cccn2-c2cccnc2)cc1NS(C)(=O)=O. The topological polar surface area (TPSA) is 101 Å². The van der Waals surface area contributed by atoms with Gasteiger partial charge < -0.3 is 19.5 Å². The highest BCUT2D eigenvalue weighted by molar-refractivity contribution is 7.92. The molecule has 1 aromatic carbocycles. The lowest BCUT2D eigenvalue weighted by Gasteiger charge is -2.29. The Kier molecular flexibility index (Phi) is 6.33. The van der Waals surface area contributed by atoms with Crippen LogP contribution in [0.3, 0.4) is 0 Å². The van der Waals surface area contributed by atoms with E-state index in [2.05, 4.69) is 24.6 Å². The molecule has 36 heavy (non-hydrogen) atoms. The van der Waals surface area contributed by atoms with Gasteiger partial charge in [0.2, 0.25) is 10.0 Å². The molecule has 2 N–H and O–H groups in total. The minimum Gasteiger partial charge on any atom is -0.495 e. The summed E-state index contributed by atoms with van der Waals surface area (Å²) in [6.07, 6.45) is 8.36. The number of aromatic nitrogens is 3. The first-order valence-electron chi connectivity index (χ1n) is 11.1. The molecular weight excluding hydrogens is 496 g/mol. The number of methoxy groups -OCH3 is 1. The molecule has 0 spiro atoms. The fourth-order valence-corrected chi connectivity index (χ4v) is 5.33. The lowest BCUT2D eigenvalue weighted by Crippen LogP contribution is -2.30. The highest BCUT2D eigenvalue weighted by atomic mass is 32.2. The van der Waals surface area contributed by atoms with Gasteiger partial charge in [0, 0.05) is 30.0 Å². The summed E-state index contributed by atoms with van der Waals surface area (Å²) in [5.41, 5.74) is 3.71. The Morgan fingerprint density at radius 2 is 1.92 bits per heavy atom. The van der Waals surface area contributed by atoms with Crippen LogP contribution in [0.1, 0.15) is 23.5 Å². The van der Waals surface area contributed by atoms with E-state index in [4.69, 9.17) is 17.0 Å². The van der Waals surface area contributed by atoms with Crippen LogP contribution in [0.2, 0.25) is 0 Å². The number of pyridine rings is 2. The van der Waals surface area contributed by atoms with Crippen molar-refractivity contribution in [1.29, 1.82) is 0 Å². The summed E-state index contributed by atoms with van der Waals surface area (Å²) in [5, 5.41) is 3.92. The highest BCUT2D eigenvalue weighted by Gasteiger charge is 2.42. The zero-order chi connectivity index (χ0) is 25.3. The van der Waals surface area contributed by atoms with Crippen molar-refractivity contribution in [3.63, 3.8) is 0 Å². The van der Waals surface area contributed by atoms with Crippen LogP contribution in [0.4, 0.5) is 11.4 Å². The summed E-state index contributed by atoms with van der Waals surface area (Å²) in [7, 11) is -2.04. The zero-order valence-corrected chi connectivity index (χ0v) is 21.2. The molecule has 1 aliphatic rings. The molecule has 0 amide bonds. The maximum Gasteiger partial charge on any atom is 0.229 e. The first kappa shape index (κ1) is 23.8. The van der Waals surface area contributed by atoms with Gasteiger partial charge in [-0.3, -0.25) is 14.7 Å². The minimum atomic E-state index is -3.53. The van der Waals surface area contributed by atoms with Crippen molar-refractivity contribution in [3.05, 3.63) is 96.8 Å². The van der Waals surface area contributed by atoms with E-state index in [1.54, 1.807) is 30.7 Å². The third kappa shape index (κ3) is 4.62. The molecule has 9 nitrogen and oxygen atoms in total. The van der Waals surface area contributed by atoms with Crippen molar-refractivity contribution in [2.24, 2.45) is 0 Å². The molecule has 2 atom stereocenters. The number of benzene rings is 1. The van der Waals surface area contributed by atoms with Gasteiger partial charge in [0.1, 0.15) is 11.8 Å². The minimum absolute atomic E-state index is 0.266. The second kappa shape index (κ2) is 9.59. The lowest BCUT2D eigenvalue weighted by molar-refractivity contribution is 0.417. The van der Waals surface area contributed by atoms with Crippen molar-refractivity contribution in [2.75, 3.05) is 23.0 Å². The van der Waals surface area contributed by atoms with Crippen LogP contribution in [-0.2, 0) is 10.0 Å². The zero-order valence-electron chi connectivity index (χ0n) is 19.6. The fourth-order valence-electron chi connectivity index (χ4n) is 4.43. The van der Waals surface area contributed by atoms with E-state index in [9.17, 15) is 8.42 Å². The highest BCUT2D eigenvalue weighted by Crippen LogP contribution is 2.43. The molecule has 0 radical (unpaired) electrons. The van der Waals surface area contributed by atoms with Crippen molar-refractivity contribution in [3.8, 4) is 11.4 Å². The van der Waals surface area contributed by atoms with Crippen LogP contribution in [0.25, 0.3) is 5.69 Å². The molecule has 11 heteroatoms. The van der Waals surface area contributed by atoms with Gasteiger partial charge in [-0.2, -0.15) is 0 Å². The summed E-state index contributed by atoms with van der Waals surface area (Å²) in [6, 6.07) is 18.4. The predicted octanol–water partition coefficient (Wildman–Crippen LogP) is 3.82. The molecule has 1 saturated heterocycles. The number of hydrogen-bond acceptors (Lipinski definition) is 6. The van der Waals surface area contributed by atoms with Crippen LogP contribution in [0, 0.1) is 0 Å². The molecule has 0 unspecified atom stereocenters. The molecule has 0 bridgehead atoms. The third-order valence-electron chi connectivity index (χ3n) is 5.86. The van der Waals surface area contributed by atoms with Crippen LogP contribution in [0.5, 0.6) is 5.75 Å². The van der Waals surface area contributed by atoms with Gasteiger partial charge in [0.25, 0.3) is 0 Å². The van der Waals surface area contributed by atoms with E-state index in [-0.39, 0.29) is 12.1 Å². The number of nitrogens with zero attached hydrogens (tertiary/aromatic N) is 4. The Hall–Kier alpha value is -3.96. The fraction of sp³-hybridized carbons (Fsp3) is 0.160. The van der Waals surface area contributed by atoms with Gasteiger partial charge in [0.15, 0.2) is 5.11 Å². The van der Waals surface area contributed by atoms with Crippen molar-refractivity contribution in [1.82, 2.24) is 19.9 Å². The van der Waals surface area contributed by atoms with Crippen LogP contribution >= 0.6 is 12.2 Å². The maximum atomic E-state index is 12.0. The van der Waals surface area contributed by atoms with E-state index >= 15 is 0 Å². The molecule has 4 aromatic rings. The molecule has 5 rings (SSSR count). The monoisotopic (exact) mass is 520 g/mol. The van der Waals surface area contributed by atoms with Crippen molar-refractivity contribution in [2.45, 2.75) is 12.1 Å². The number of anilines is 2. The summed E-state index contributed by atoms with van der Waals surface area (Å²) in [4.78, 5) is 10.8. The standard InChI is InChI=1S/C25H24N6O3S2/c1-34-22-11-10-17(15-20(22)29-36(2,32)33)31-24(23(28-25(31)35)19-8-3-4-13-27-19)21-9-6-14-30(21)18-7-5-12-26-16-18/h3-16,23-24,29H,1-2H3,(H,28,35)/t23-,24+/m1/s1. The van der Waals surface area contributed by atoms with E-state index in [1.807, 2.05) is 59.6 Å². The average molecular weight is 521 g/mol. The van der Waals surface area contributed by atoms with E-state index in [1.165, 1.54) is 7.11 Å². The van der Waals surface area contributed by atoms with Gasteiger partial charge in [-0.25, -0.2) is 8.42 Å². The Morgan fingerprint density at radius 3 is 2.61 bits per heavy atom. The summed E-state index contributed by atoms with van der Waals surface area (Å²) < 4.78 is 34.0. The van der Waals surface area contributed by atoms with Gasteiger partial charge in [-0.05, 0) is 66.8 Å². The summed E-state index contributed by atoms with van der Waals surface area (Å²) in [5.74, 6) is 0.402. The molecular formula is C25H24N6O3S2. The molecule has 3 aromatic heterocycles. The van der Waals surface area contributed by atoms with Crippen molar-refractivity contribution >= 4 is 38.7 Å². The van der Waals surface area contributed by atoms with E-state index < -0.39 is 10.0 Å². The molecule has 0 aliphatic carbocycles. The quantitative estimate of drug-likeness (QED) is 0.355.